The molecule has 1 rings (SSSR count). The standard InChI is InChI=1S/C8H11NO3S2/c1-12-7-3-5-8(6-4-7)14(10,11)9-13-2/h3-6,9H,1-2H3. The Morgan fingerprint density at radius 2 is 1.86 bits per heavy atom. The van der Waals surface area contributed by atoms with E-state index in [9.17, 15) is 8.42 Å². The number of methoxy groups -OCH3 is 1. The minimum absolute atomic E-state index is 0.229. The molecule has 1 aromatic rings. The van der Waals surface area contributed by atoms with Crippen LogP contribution in [0.3, 0.4) is 0 Å². The van der Waals surface area contributed by atoms with Crippen molar-refractivity contribution in [2.75, 3.05) is 13.4 Å². The third-order valence-corrected chi connectivity index (χ3v) is 4.00. The van der Waals surface area contributed by atoms with Gasteiger partial charge in [0.15, 0.2) is 0 Å². The van der Waals surface area contributed by atoms with Crippen molar-refractivity contribution in [3.63, 3.8) is 0 Å². The van der Waals surface area contributed by atoms with Crippen LogP contribution in [0, 0.1) is 0 Å². The number of hydrogen-bond acceptors (Lipinski definition) is 4. The summed E-state index contributed by atoms with van der Waals surface area (Å²) in [5.41, 5.74) is 0. The van der Waals surface area contributed by atoms with E-state index in [-0.39, 0.29) is 4.90 Å². The van der Waals surface area contributed by atoms with Gasteiger partial charge in [0, 0.05) is 0 Å². The number of rotatable bonds is 4. The summed E-state index contributed by atoms with van der Waals surface area (Å²) >= 11 is 1.04. The summed E-state index contributed by atoms with van der Waals surface area (Å²) in [6.45, 7) is 0. The van der Waals surface area contributed by atoms with Gasteiger partial charge in [0.25, 0.3) is 0 Å². The van der Waals surface area contributed by atoms with Crippen LogP contribution in [0.15, 0.2) is 29.2 Å². The molecule has 6 heteroatoms. The van der Waals surface area contributed by atoms with Crippen LogP contribution in [0.5, 0.6) is 5.75 Å². The van der Waals surface area contributed by atoms with Crippen molar-refractivity contribution in [1.29, 1.82) is 0 Å². The molecule has 4 nitrogen and oxygen atoms in total. The van der Waals surface area contributed by atoms with Crippen molar-refractivity contribution in [3.05, 3.63) is 24.3 Å². The first-order valence-corrected chi connectivity index (χ1v) is 6.50. The molecule has 0 spiro atoms. The van der Waals surface area contributed by atoms with Gasteiger partial charge in [-0.3, -0.25) is 0 Å². The molecular formula is C8H11NO3S2. The van der Waals surface area contributed by atoms with Gasteiger partial charge in [-0.1, -0.05) is 11.9 Å². The van der Waals surface area contributed by atoms with Crippen molar-refractivity contribution in [3.8, 4) is 5.75 Å². The Hall–Kier alpha value is -0.720. The van der Waals surface area contributed by atoms with E-state index in [0.717, 1.165) is 11.9 Å². The Morgan fingerprint density at radius 1 is 1.29 bits per heavy atom. The lowest BCUT2D eigenvalue weighted by molar-refractivity contribution is 0.414. The summed E-state index contributed by atoms with van der Waals surface area (Å²) in [5, 5.41) is 0. The average Bonchev–Trinajstić information content (AvgIpc) is 2.18. The highest BCUT2D eigenvalue weighted by atomic mass is 32.3. The average molecular weight is 233 g/mol. The SMILES string of the molecule is COc1ccc(S(=O)(=O)NSC)cc1. The third kappa shape index (κ3) is 2.63. The van der Waals surface area contributed by atoms with Crippen molar-refractivity contribution in [2.24, 2.45) is 0 Å². The minimum Gasteiger partial charge on any atom is -0.497 e. The Balaban J connectivity index is 2.97. The van der Waals surface area contributed by atoms with Crippen LogP contribution in [-0.2, 0) is 10.0 Å². The van der Waals surface area contributed by atoms with E-state index in [1.807, 2.05) is 0 Å². The second-order valence-electron chi connectivity index (χ2n) is 2.47. The van der Waals surface area contributed by atoms with Crippen LogP contribution in [0.1, 0.15) is 0 Å². The van der Waals surface area contributed by atoms with Crippen LogP contribution >= 0.6 is 11.9 Å². The molecule has 0 aliphatic carbocycles. The molecule has 0 bridgehead atoms. The number of ether oxygens (including phenoxy) is 1. The number of hydrogen-bond donors (Lipinski definition) is 1. The molecule has 0 saturated carbocycles. The molecule has 0 saturated heterocycles. The summed E-state index contributed by atoms with van der Waals surface area (Å²) in [7, 11) is -1.85. The highest BCUT2D eigenvalue weighted by molar-refractivity contribution is 8.08. The zero-order valence-corrected chi connectivity index (χ0v) is 9.48. The van der Waals surface area contributed by atoms with E-state index >= 15 is 0 Å². The van der Waals surface area contributed by atoms with Gasteiger partial charge in [0.1, 0.15) is 5.75 Å². The van der Waals surface area contributed by atoms with Gasteiger partial charge < -0.3 is 4.74 Å². The molecule has 0 aromatic heterocycles. The maximum absolute atomic E-state index is 11.5. The number of nitrogens with one attached hydrogen (secondary N) is 1. The van der Waals surface area contributed by atoms with E-state index in [1.54, 1.807) is 18.4 Å². The second kappa shape index (κ2) is 4.68. The van der Waals surface area contributed by atoms with Crippen LogP contribution in [0.2, 0.25) is 0 Å². The summed E-state index contributed by atoms with van der Waals surface area (Å²) in [6, 6.07) is 6.21. The molecule has 0 fully saturated rings. The van der Waals surface area contributed by atoms with Crippen LogP contribution < -0.4 is 8.86 Å². The smallest absolute Gasteiger partial charge is 0.249 e. The van der Waals surface area contributed by atoms with E-state index in [4.69, 9.17) is 4.74 Å². The summed E-state index contributed by atoms with van der Waals surface area (Å²) in [5.74, 6) is 0.633. The molecule has 0 atom stereocenters. The molecule has 0 unspecified atom stereocenters. The lowest BCUT2D eigenvalue weighted by Crippen LogP contribution is -2.15. The minimum atomic E-state index is -3.38. The summed E-state index contributed by atoms with van der Waals surface area (Å²) < 4.78 is 30.2. The van der Waals surface area contributed by atoms with Crippen molar-refractivity contribution in [1.82, 2.24) is 4.13 Å². The van der Waals surface area contributed by atoms with Gasteiger partial charge in [0.2, 0.25) is 10.0 Å². The largest absolute Gasteiger partial charge is 0.497 e. The van der Waals surface area contributed by atoms with Gasteiger partial charge in [-0.05, 0) is 30.5 Å². The zero-order valence-electron chi connectivity index (χ0n) is 7.85. The highest BCUT2D eigenvalue weighted by Gasteiger charge is 2.12. The van der Waals surface area contributed by atoms with Gasteiger partial charge in [-0.2, -0.15) is 4.13 Å². The summed E-state index contributed by atoms with van der Waals surface area (Å²) in [4.78, 5) is 0.229. The van der Waals surface area contributed by atoms with E-state index in [1.165, 1.54) is 19.2 Å². The molecule has 0 heterocycles. The molecule has 0 aliphatic rings. The van der Waals surface area contributed by atoms with Crippen LogP contribution in [-0.4, -0.2) is 21.8 Å². The first-order chi connectivity index (χ1) is 6.60. The lowest BCUT2D eigenvalue weighted by Gasteiger charge is -2.04. The second-order valence-corrected chi connectivity index (χ2v) is 5.02. The Bertz CT molecular complexity index is 386. The molecule has 78 valence electrons. The summed E-state index contributed by atoms with van der Waals surface area (Å²) in [6.07, 6.45) is 1.65. The number of sulfonamides is 1. The fourth-order valence-corrected chi connectivity index (χ4v) is 2.67. The van der Waals surface area contributed by atoms with Crippen molar-refractivity contribution >= 4 is 22.0 Å². The fourth-order valence-electron chi connectivity index (χ4n) is 0.913. The molecule has 1 aromatic carbocycles. The lowest BCUT2D eigenvalue weighted by atomic mass is 10.3. The predicted molar refractivity (Wildman–Crippen MR) is 56.8 cm³/mol. The maximum Gasteiger partial charge on any atom is 0.249 e. The highest BCUT2D eigenvalue weighted by Crippen LogP contribution is 2.15. The normalized spacial score (nSPS) is 11.3. The number of benzene rings is 1. The van der Waals surface area contributed by atoms with Crippen LogP contribution in [0.4, 0.5) is 0 Å². The Morgan fingerprint density at radius 3 is 2.29 bits per heavy atom. The van der Waals surface area contributed by atoms with Crippen LogP contribution in [0.25, 0.3) is 0 Å². The van der Waals surface area contributed by atoms with Gasteiger partial charge in [-0.25, -0.2) is 8.42 Å². The maximum atomic E-state index is 11.5. The molecule has 0 amide bonds. The first-order valence-electron chi connectivity index (χ1n) is 3.79. The zero-order chi connectivity index (χ0) is 10.6. The Labute approximate surface area is 87.8 Å². The van der Waals surface area contributed by atoms with E-state index in [0.29, 0.717) is 5.75 Å². The molecule has 14 heavy (non-hydrogen) atoms. The van der Waals surface area contributed by atoms with Crippen molar-refractivity contribution in [2.45, 2.75) is 4.90 Å². The molecule has 0 aliphatic heterocycles. The predicted octanol–water partition coefficient (Wildman–Crippen LogP) is 1.25. The van der Waals surface area contributed by atoms with Gasteiger partial charge in [-0.15, -0.1) is 0 Å². The van der Waals surface area contributed by atoms with E-state index < -0.39 is 10.0 Å². The monoisotopic (exact) mass is 233 g/mol. The Kier molecular flexibility index (Phi) is 3.79. The molecule has 1 N–H and O–H groups in total. The fraction of sp³-hybridized carbons (Fsp3) is 0.250. The quantitative estimate of drug-likeness (QED) is 0.795. The van der Waals surface area contributed by atoms with Gasteiger partial charge >= 0.3 is 0 Å². The first kappa shape index (κ1) is 11.4. The van der Waals surface area contributed by atoms with E-state index in [2.05, 4.69) is 4.13 Å². The van der Waals surface area contributed by atoms with Crippen molar-refractivity contribution < 1.29 is 13.2 Å². The topological polar surface area (TPSA) is 55.4 Å². The molecule has 0 radical (unpaired) electrons. The molecular weight excluding hydrogens is 222 g/mol. The third-order valence-electron chi connectivity index (χ3n) is 1.56. The van der Waals surface area contributed by atoms with Gasteiger partial charge in [0.05, 0.1) is 12.0 Å².